The molecular formula is C14H22N2S. The SMILES string of the molecule is CSc1cccc(N2CCCC(C)C2)c1CN. The first-order valence-corrected chi connectivity index (χ1v) is 7.59. The van der Waals surface area contributed by atoms with E-state index in [4.69, 9.17) is 5.73 Å². The summed E-state index contributed by atoms with van der Waals surface area (Å²) in [7, 11) is 0. The van der Waals surface area contributed by atoms with Gasteiger partial charge >= 0.3 is 0 Å². The summed E-state index contributed by atoms with van der Waals surface area (Å²) in [5.74, 6) is 0.798. The third-order valence-electron chi connectivity index (χ3n) is 3.53. The fraction of sp³-hybridized carbons (Fsp3) is 0.571. The summed E-state index contributed by atoms with van der Waals surface area (Å²) in [6, 6.07) is 6.54. The van der Waals surface area contributed by atoms with Gasteiger partial charge in [-0.3, -0.25) is 0 Å². The summed E-state index contributed by atoms with van der Waals surface area (Å²) in [4.78, 5) is 3.83. The predicted molar refractivity (Wildman–Crippen MR) is 76.7 cm³/mol. The first kappa shape index (κ1) is 12.8. The van der Waals surface area contributed by atoms with Crippen molar-refractivity contribution in [3.8, 4) is 0 Å². The Morgan fingerprint density at radius 2 is 2.29 bits per heavy atom. The molecular weight excluding hydrogens is 228 g/mol. The predicted octanol–water partition coefficient (Wildman–Crippen LogP) is 3.10. The second kappa shape index (κ2) is 5.78. The van der Waals surface area contributed by atoms with Crippen molar-refractivity contribution in [3.63, 3.8) is 0 Å². The highest BCUT2D eigenvalue weighted by Crippen LogP contribution is 2.31. The van der Waals surface area contributed by atoms with Gasteiger partial charge in [0.1, 0.15) is 0 Å². The lowest BCUT2D eigenvalue weighted by molar-refractivity contribution is 0.446. The summed E-state index contributed by atoms with van der Waals surface area (Å²) in [5, 5.41) is 0. The topological polar surface area (TPSA) is 29.3 Å². The summed E-state index contributed by atoms with van der Waals surface area (Å²) in [5.41, 5.74) is 8.60. The second-order valence-corrected chi connectivity index (χ2v) is 5.70. The monoisotopic (exact) mass is 250 g/mol. The number of piperidine rings is 1. The van der Waals surface area contributed by atoms with E-state index in [9.17, 15) is 0 Å². The number of hydrogen-bond acceptors (Lipinski definition) is 3. The molecule has 1 fully saturated rings. The van der Waals surface area contributed by atoms with Crippen LogP contribution in [0.3, 0.4) is 0 Å². The Bertz CT molecular complexity index is 378. The van der Waals surface area contributed by atoms with Gasteiger partial charge in [0.15, 0.2) is 0 Å². The largest absolute Gasteiger partial charge is 0.371 e. The van der Waals surface area contributed by atoms with Gasteiger partial charge in [0.25, 0.3) is 0 Å². The van der Waals surface area contributed by atoms with E-state index in [0.29, 0.717) is 6.54 Å². The molecule has 1 saturated heterocycles. The van der Waals surface area contributed by atoms with Gasteiger partial charge in [0.2, 0.25) is 0 Å². The highest BCUT2D eigenvalue weighted by molar-refractivity contribution is 7.98. The molecule has 1 heterocycles. The smallest absolute Gasteiger partial charge is 0.0423 e. The van der Waals surface area contributed by atoms with Crippen molar-refractivity contribution in [2.45, 2.75) is 31.2 Å². The van der Waals surface area contributed by atoms with Crippen LogP contribution in [0.25, 0.3) is 0 Å². The van der Waals surface area contributed by atoms with E-state index in [0.717, 1.165) is 5.92 Å². The van der Waals surface area contributed by atoms with Gasteiger partial charge in [-0.2, -0.15) is 0 Å². The van der Waals surface area contributed by atoms with Crippen molar-refractivity contribution in [2.24, 2.45) is 11.7 Å². The maximum atomic E-state index is 5.93. The maximum Gasteiger partial charge on any atom is 0.0423 e. The molecule has 2 rings (SSSR count). The molecule has 0 radical (unpaired) electrons. The van der Waals surface area contributed by atoms with Gasteiger partial charge in [-0.25, -0.2) is 0 Å². The van der Waals surface area contributed by atoms with Crippen molar-refractivity contribution in [3.05, 3.63) is 23.8 Å². The zero-order chi connectivity index (χ0) is 12.3. The van der Waals surface area contributed by atoms with Crippen LogP contribution in [0.15, 0.2) is 23.1 Å². The number of hydrogen-bond donors (Lipinski definition) is 1. The molecule has 0 aliphatic carbocycles. The Hall–Kier alpha value is -0.670. The Balaban J connectivity index is 2.30. The fourth-order valence-electron chi connectivity index (χ4n) is 2.65. The summed E-state index contributed by atoms with van der Waals surface area (Å²) >= 11 is 1.79. The molecule has 1 aliphatic heterocycles. The molecule has 2 nitrogen and oxygen atoms in total. The maximum absolute atomic E-state index is 5.93. The fourth-order valence-corrected chi connectivity index (χ4v) is 3.30. The quantitative estimate of drug-likeness (QED) is 0.836. The lowest BCUT2D eigenvalue weighted by Gasteiger charge is -2.34. The molecule has 0 bridgehead atoms. The molecule has 17 heavy (non-hydrogen) atoms. The minimum atomic E-state index is 0.636. The number of benzene rings is 1. The number of nitrogens with zero attached hydrogens (tertiary/aromatic N) is 1. The van der Waals surface area contributed by atoms with Crippen LogP contribution in [0, 0.1) is 5.92 Å². The van der Waals surface area contributed by atoms with Gasteiger partial charge in [-0.05, 0) is 37.1 Å². The molecule has 1 unspecified atom stereocenters. The van der Waals surface area contributed by atoms with Crippen LogP contribution < -0.4 is 10.6 Å². The number of thioether (sulfide) groups is 1. The zero-order valence-corrected chi connectivity index (χ0v) is 11.6. The van der Waals surface area contributed by atoms with E-state index in [1.807, 2.05) is 0 Å². The van der Waals surface area contributed by atoms with Crippen molar-refractivity contribution in [1.82, 2.24) is 0 Å². The van der Waals surface area contributed by atoms with E-state index >= 15 is 0 Å². The first-order chi connectivity index (χ1) is 8.26. The number of nitrogens with two attached hydrogens (primary N) is 1. The molecule has 0 spiro atoms. The van der Waals surface area contributed by atoms with Crippen LogP contribution in [0.4, 0.5) is 5.69 Å². The Morgan fingerprint density at radius 3 is 2.94 bits per heavy atom. The lowest BCUT2D eigenvalue weighted by atomic mass is 9.99. The van der Waals surface area contributed by atoms with Crippen LogP contribution in [0.1, 0.15) is 25.3 Å². The minimum absolute atomic E-state index is 0.636. The van der Waals surface area contributed by atoms with Crippen LogP contribution in [-0.2, 0) is 6.54 Å². The van der Waals surface area contributed by atoms with Gasteiger partial charge < -0.3 is 10.6 Å². The average molecular weight is 250 g/mol. The number of anilines is 1. The zero-order valence-electron chi connectivity index (χ0n) is 10.8. The van der Waals surface area contributed by atoms with E-state index in [2.05, 4.69) is 36.3 Å². The van der Waals surface area contributed by atoms with Gasteiger partial charge in [0, 0.05) is 35.8 Å². The van der Waals surface area contributed by atoms with Crippen LogP contribution >= 0.6 is 11.8 Å². The first-order valence-electron chi connectivity index (χ1n) is 6.37. The van der Waals surface area contributed by atoms with Crippen LogP contribution in [0.5, 0.6) is 0 Å². The van der Waals surface area contributed by atoms with Gasteiger partial charge in [-0.15, -0.1) is 11.8 Å². The molecule has 0 saturated carbocycles. The van der Waals surface area contributed by atoms with Crippen LogP contribution in [-0.4, -0.2) is 19.3 Å². The molecule has 1 aromatic rings. The molecule has 0 aromatic heterocycles. The van der Waals surface area contributed by atoms with Gasteiger partial charge in [-0.1, -0.05) is 13.0 Å². The molecule has 1 atom stereocenters. The normalized spacial score (nSPS) is 20.6. The Morgan fingerprint density at radius 1 is 1.47 bits per heavy atom. The Kier molecular flexibility index (Phi) is 4.35. The van der Waals surface area contributed by atoms with E-state index in [1.54, 1.807) is 11.8 Å². The minimum Gasteiger partial charge on any atom is -0.371 e. The summed E-state index contributed by atoms with van der Waals surface area (Å²) in [6.07, 6.45) is 4.78. The standard InChI is InChI=1S/C14H22N2S/c1-11-5-4-8-16(10-11)13-6-3-7-14(17-2)12(13)9-15/h3,6-7,11H,4-5,8-10,15H2,1-2H3. The molecule has 94 valence electrons. The third-order valence-corrected chi connectivity index (χ3v) is 4.35. The second-order valence-electron chi connectivity index (χ2n) is 4.86. The lowest BCUT2D eigenvalue weighted by Crippen LogP contribution is -2.35. The van der Waals surface area contributed by atoms with Crippen molar-refractivity contribution < 1.29 is 0 Å². The average Bonchev–Trinajstić information content (AvgIpc) is 2.37. The highest BCUT2D eigenvalue weighted by atomic mass is 32.2. The van der Waals surface area contributed by atoms with Crippen molar-refractivity contribution >= 4 is 17.4 Å². The van der Waals surface area contributed by atoms with Gasteiger partial charge in [0.05, 0.1) is 0 Å². The number of rotatable bonds is 3. The third kappa shape index (κ3) is 2.78. The molecule has 0 amide bonds. The molecule has 3 heteroatoms. The molecule has 1 aliphatic rings. The Labute approximate surface area is 109 Å². The molecule has 2 N–H and O–H groups in total. The molecule has 1 aromatic carbocycles. The highest BCUT2D eigenvalue weighted by Gasteiger charge is 2.19. The van der Waals surface area contributed by atoms with E-state index in [-0.39, 0.29) is 0 Å². The van der Waals surface area contributed by atoms with Crippen molar-refractivity contribution in [2.75, 3.05) is 24.2 Å². The van der Waals surface area contributed by atoms with E-state index < -0.39 is 0 Å². The van der Waals surface area contributed by atoms with Crippen LogP contribution in [0.2, 0.25) is 0 Å². The van der Waals surface area contributed by atoms with E-state index in [1.165, 1.54) is 42.1 Å². The van der Waals surface area contributed by atoms with Crippen molar-refractivity contribution in [1.29, 1.82) is 0 Å². The summed E-state index contributed by atoms with van der Waals surface area (Å²) < 4.78 is 0. The summed E-state index contributed by atoms with van der Waals surface area (Å²) in [6.45, 7) is 5.32.